The van der Waals surface area contributed by atoms with E-state index < -0.39 is 12.0 Å². The fraction of sp³-hybridized carbons (Fsp3) is 0.455. The number of rotatable bonds is 3. The summed E-state index contributed by atoms with van der Waals surface area (Å²) in [7, 11) is 0. The summed E-state index contributed by atoms with van der Waals surface area (Å²) in [5.74, 6) is -2.67. The number of hydrogen-bond donors (Lipinski definition) is 0. The highest BCUT2D eigenvalue weighted by Gasteiger charge is 2.45. The first-order valence-electron chi connectivity index (χ1n) is 5.10. The van der Waals surface area contributed by atoms with Gasteiger partial charge in [-0.1, -0.05) is 0 Å². The van der Waals surface area contributed by atoms with Crippen molar-refractivity contribution >= 4 is 0 Å². The fourth-order valence-electron chi connectivity index (χ4n) is 1.54. The van der Waals surface area contributed by atoms with Crippen molar-refractivity contribution in [1.29, 1.82) is 5.26 Å². The molecule has 0 N–H and O–H groups in total. The third kappa shape index (κ3) is 2.50. The van der Waals surface area contributed by atoms with Gasteiger partial charge in [0.25, 0.3) is 5.92 Å². The van der Waals surface area contributed by atoms with Crippen molar-refractivity contribution in [1.82, 2.24) is 4.98 Å². The van der Waals surface area contributed by atoms with Crippen LogP contribution in [0.2, 0.25) is 0 Å². The van der Waals surface area contributed by atoms with Crippen molar-refractivity contribution in [2.75, 3.05) is 13.2 Å². The Kier molecular flexibility index (Phi) is 3.20. The molecule has 2 rings (SSSR count). The minimum Gasteiger partial charge on any atom is -0.488 e. The van der Waals surface area contributed by atoms with Crippen molar-refractivity contribution in [2.24, 2.45) is 0 Å². The van der Waals surface area contributed by atoms with Gasteiger partial charge in [-0.2, -0.15) is 5.26 Å². The van der Waals surface area contributed by atoms with Gasteiger partial charge in [-0.3, -0.25) is 4.98 Å². The Bertz CT molecular complexity index is 445. The zero-order valence-electron chi connectivity index (χ0n) is 8.90. The highest BCUT2D eigenvalue weighted by atomic mass is 19.3. The van der Waals surface area contributed by atoms with Crippen LogP contribution in [0.5, 0.6) is 5.75 Å². The molecule has 1 atom stereocenters. The zero-order chi connectivity index (χ0) is 12.3. The van der Waals surface area contributed by atoms with E-state index >= 15 is 0 Å². The van der Waals surface area contributed by atoms with E-state index in [2.05, 4.69) is 4.98 Å². The maximum Gasteiger partial charge on any atom is 0.279 e. The van der Waals surface area contributed by atoms with Gasteiger partial charge in [0.05, 0.1) is 18.4 Å². The Morgan fingerprint density at radius 2 is 2.47 bits per heavy atom. The summed E-state index contributed by atoms with van der Waals surface area (Å²) in [6.45, 7) is -0.257. The second kappa shape index (κ2) is 4.63. The summed E-state index contributed by atoms with van der Waals surface area (Å²) in [5, 5.41) is 8.78. The molecular formula is C11H10F2N2O2. The number of aromatic nitrogens is 1. The summed E-state index contributed by atoms with van der Waals surface area (Å²) in [4.78, 5) is 3.77. The number of alkyl halides is 2. The first-order valence-corrected chi connectivity index (χ1v) is 5.10. The molecule has 4 nitrogen and oxygen atoms in total. The number of nitriles is 1. The van der Waals surface area contributed by atoms with E-state index in [1.807, 2.05) is 6.07 Å². The van der Waals surface area contributed by atoms with E-state index in [0.29, 0.717) is 0 Å². The maximum atomic E-state index is 13.2. The Morgan fingerprint density at radius 1 is 1.65 bits per heavy atom. The van der Waals surface area contributed by atoms with Crippen molar-refractivity contribution in [3.63, 3.8) is 0 Å². The average Bonchev–Trinajstić information content (AvgIpc) is 2.66. The van der Waals surface area contributed by atoms with Gasteiger partial charge in [-0.15, -0.1) is 0 Å². The van der Waals surface area contributed by atoms with E-state index in [-0.39, 0.29) is 30.9 Å². The summed E-state index contributed by atoms with van der Waals surface area (Å²) in [6, 6.07) is 3.36. The van der Waals surface area contributed by atoms with Crippen molar-refractivity contribution in [2.45, 2.75) is 18.4 Å². The lowest BCUT2D eigenvalue weighted by atomic mass is 10.2. The molecule has 1 aliphatic heterocycles. The summed E-state index contributed by atoms with van der Waals surface area (Å²) in [6.07, 6.45) is 1.21. The minimum absolute atomic E-state index is 0.0270. The van der Waals surface area contributed by atoms with E-state index in [9.17, 15) is 8.78 Å². The largest absolute Gasteiger partial charge is 0.488 e. The quantitative estimate of drug-likeness (QED) is 0.807. The first kappa shape index (κ1) is 11.7. The van der Waals surface area contributed by atoms with Gasteiger partial charge in [-0.25, -0.2) is 8.78 Å². The monoisotopic (exact) mass is 240 g/mol. The molecule has 0 saturated carbocycles. The van der Waals surface area contributed by atoms with Crippen LogP contribution in [0.3, 0.4) is 0 Å². The molecule has 1 saturated heterocycles. The van der Waals surface area contributed by atoms with Gasteiger partial charge in [0.1, 0.15) is 12.7 Å². The van der Waals surface area contributed by atoms with Crippen LogP contribution in [0.1, 0.15) is 12.0 Å². The van der Waals surface area contributed by atoms with Gasteiger partial charge >= 0.3 is 0 Å². The molecule has 1 aliphatic rings. The number of ether oxygens (including phenoxy) is 2. The van der Waals surface area contributed by atoms with Gasteiger partial charge in [0.2, 0.25) is 0 Å². The highest BCUT2D eigenvalue weighted by Crippen LogP contribution is 2.32. The standard InChI is InChI=1S/C11H10F2N2O2/c12-11(13)2-4-16-10(11)7-17-9-6-15-3-1-8(9)5-14/h1,3,6,10H,2,4,7H2. The van der Waals surface area contributed by atoms with Crippen LogP contribution in [0.15, 0.2) is 18.5 Å². The van der Waals surface area contributed by atoms with Crippen LogP contribution >= 0.6 is 0 Å². The summed E-state index contributed by atoms with van der Waals surface area (Å²) < 4.78 is 36.5. The third-order valence-corrected chi connectivity index (χ3v) is 2.52. The molecule has 0 bridgehead atoms. The maximum absolute atomic E-state index is 13.2. The lowest BCUT2D eigenvalue weighted by molar-refractivity contribution is -0.0837. The molecular weight excluding hydrogens is 230 g/mol. The number of pyridine rings is 1. The topological polar surface area (TPSA) is 55.1 Å². The van der Waals surface area contributed by atoms with E-state index in [1.165, 1.54) is 18.5 Å². The Morgan fingerprint density at radius 3 is 3.12 bits per heavy atom. The fourth-order valence-corrected chi connectivity index (χ4v) is 1.54. The second-order valence-corrected chi connectivity index (χ2v) is 3.67. The van der Waals surface area contributed by atoms with Crippen molar-refractivity contribution in [3.8, 4) is 11.8 Å². The molecule has 0 aromatic carbocycles. The molecule has 1 fully saturated rings. The molecule has 1 aromatic rings. The van der Waals surface area contributed by atoms with Crippen LogP contribution in [-0.4, -0.2) is 30.2 Å². The molecule has 0 radical (unpaired) electrons. The normalized spacial score (nSPS) is 22.1. The first-order chi connectivity index (χ1) is 8.13. The van der Waals surface area contributed by atoms with Crippen LogP contribution < -0.4 is 4.74 Å². The Labute approximate surface area is 96.8 Å². The van der Waals surface area contributed by atoms with Crippen LogP contribution in [-0.2, 0) is 4.74 Å². The molecule has 0 aliphatic carbocycles. The molecule has 0 spiro atoms. The SMILES string of the molecule is N#Cc1ccncc1OCC1OCCC1(F)F. The summed E-state index contributed by atoms with van der Waals surface area (Å²) in [5.41, 5.74) is 0.265. The zero-order valence-corrected chi connectivity index (χ0v) is 8.90. The van der Waals surface area contributed by atoms with E-state index in [0.717, 1.165) is 0 Å². The number of nitrogens with zero attached hydrogens (tertiary/aromatic N) is 2. The predicted octanol–water partition coefficient (Wildman–Crippen LogP) is 1.76. The molecule has 2 heterocycles. The molecule has 90 valence electrons. The lowest BCUT2D eigenvalue weighted by Gasteiger charge is -2.18. The summed E-state index contributed by atoms with van der Waals surface area (Å²) >= 11 is 0. The van der Waals surface area contributed by atoms with Crippen LogP contribution in [0.25, 0.3) is 0 Å². The lowest BCUT2D eigenvalue weighted by Crippen LogP contribution is -2.34. The molecule has 0 amide bonds. The van der Waals surface area contributed by atoms with E-state index in [1.54, 1.807) is 0 Å². The Hall–Kier alpha value is -1.74. The van der Waals surface area contributed by atoms with Crippen molar-refractivity contribution in [3.05, 3.63) is 24.0 Å². The highest BCUT2D eigenvalue weighted by molar-refractivity contribution is 5.40. The number of hydrogen-bond acceptors (Lipinski definition) is 4. The average molecular weight is 240 g/mol. The molecule has 17 heavy (non-hydrogen) atoms. The van der Waals surface area contributed by atoms with Crippen LogP contribution in [0.4, 0.5) is 8.78 Å². The van der Waals surface area contributed by atoms with Gasteiger partial charge in [0, 0.05) is 12.6 Å². The van der Waals surface area contributed by atoms with E-state index in [4.69, 9.17) is 14.7 Å². The van der Waals surface area contributed by atoms with Crippen molar-refractivity contribution < 1.29 is 18.3 Å². The Balaban J connectivity index is 2.01. The van der Waals surface area contributed by atoms with Gasteiger partial charge < -0.3 is 9.47 Å². The molecule has 1 aromatic heterocycles. The van der Waals surface area contributed by atoms with Crippen LogP contribution in [0, 0.1) is 11.3 Å². The predicted molar refractivity (Wildman–Crippen MR) is 53.8 cm³/mol. The van der Waals surface area contributed by atoms with Gasteiger partial charge in [0.15, 0.2) is 11.9 Å². The minimum atomic E-state index is -2.87. The van der Waals surface area contributed by atoms with Gasteiger partial charge in [-0.05, 0) is 6.07 Å². The molecule has 6 heteroatoms. The second-order valence-electron chi connectivity index (χ2n) is 3.67. The number of halogens is 2. The third-order valence-electron chi connectivity index (χ3n) is 2.52. The molecule has 1 unspecified atom stereocenters. The smallest absolute Gasteiger partial charge is 0.279 e.